The van der Waals surface area contributed by atoms with Gasteiger partial charge in [0.2, 0.25) is 0 Å². The molecule has 1 aliphatic rings. The van der Waals surface area contributed by atoms with Gasteiger partial charge < -0.3 is 15.4 Å². The summed E-state index contributed by atoms with van der Waals surface area (Å²) in [5.41, 5.74) is 1.50. The molecule has 1 aliphatic heterocycles. The second kappa shape index (κ2) is 7.73. The molecular formula is C25H29N3O2. The molecular weight excluding hydrogens is 374 g/mol. The molecule has 1 fully saturated rings. The monoisotopic (exact) mass is 403 g/mol. The molecule has 0 atom stereocenters. The van der Waals surface area contributed by atoms with Crippen LogP contribution in [0.15, 0.2) is 60.8 Å². The first-order valence-corrected chi connectivity index (χ1v) is 10.4. The zero-order chi connectivity index (χ0) is 21.4. The molecule has 0 spiro atoms. The van der Waals surface area contributed by atoms with Crippen molar-refractivity contribution in [1.29, 1.82) is 0 Å². The highest BCUT2D eigenvalue weighted by Gasteiger charge is 2.38. The van der Waals surface area contributed by atoms with E-state index in [0.29, 0.717) is 11.3 Å². The summed E-state index contributed by atoms with van der Waals surface area (Å²) in [6.07, 6.45) is 3.57. The Bertz CT molecular complexity index is 1040. The van der Waals surface area contributed by atoms with Gasteiger partial charge in [-0.15, -0.1) is 0 Å². The summed E-state index contributed by atoms with van der Waals surface area (Å²) in [4.78, 5) is 17.2. The number of carbonyl (C=O) groups excluding carboxylic acids is 1. The Morgan fingerprint density at radius 1 is 1.00 bits per heavy atom. The fourth-order valence-corrected chi connectivity index (χ4v) is 4.66. The van der Waals surface area contributed by atoms with Crippen LogP contribution in [0.4, 0.5) is 0 Å². The highest BCUT2D eigenvalue weighted by molar-refractivity contribution is 5.94. The zero-order valence-electron chi connectivity index (χ0n) is 18.0. The number of rotatable bonds is 4. The molecule has 2 aromatic carbocycles. The van der Waals surface area contributed by atoms with E-state index in [0.717, 1.165) is 29.5 Å². The summed E-state index contributed by atoms with van der Waals surface area (Å²) in [5.74, 6) is 1.39. The predicted octanol–water partition coefficient (Wildman–Crippen LogP) is 5.07. The van der Waals surface area contributed by atoms with E-state index in [9.17, 15) is 4.79 Å². The number of amides is 1. The molecule has 1 aromatic heterocycles. The van der Waals surface area contributed by atoms with Gasteiger partial charge in [-0.3, -0.25) is 9.78 Å². The van der Waals surface area contributed by atoms with Gasteiger partial charge in [0.25, 0.3) is 5.91 Å². The molecule has 0 bridgehead atoms. The minimum Gasteiger partial charge on any atom is -0.457 e. The van der Waals surface area contributed by atoms with E-state index >= 15 is 0 Å². The third-order valence-electron chi connectivity index (χ3n) is 5.48. The number of pyridine rings is 1. The Morgan fingerprint density at radius 3 is 2.40 bits per heavy atom. The normalized spacial score (nSPS) is 18.1. The number of hydrogen-bond acceptors (Lipinski definition) is 4. The van der Waals surface area contributed by atoms with Crippen molar-refractivity contribution < 1.29 is 9.53 Å². The van der Waals surface area contributed by atoms with Gasteiger partial charge >= 0.3 is 0 Å². The fraction of sp³-hybridized carbons (Fsp3) is 0.360. The van der Waals surface area contributed by atoms with Crippen LogP contribution < -0.4 is 15.4 Å². The molecule has 5 heteroatoms. The topological polar surface area (TPSA) is 63.2 Å². The third-order valence-corrected chi connectivity index (χ3v) is 5.48. The van der Waals surface area contributed by atoms with Crippen molar-refractivity contribution in [3.8, 4) is 11.5 Å². The quantitative estimate of drug-likeness (QED) is 0.639. The van der Waals surface area contributed by atoms with E-state index in [1.807, 2.05) is 54.6 Å². The predicted molar refractivity (Wildman–Crippen MR) is 120 cm³/mol. The molecule has 30 heavy (non-hydrogen) atoms. The van der Waals surface area contributed by atoms with Gasteiger partial charge in [0, 0.05) is 34.3 Å². The van der Waals surface area contributed by atoms with Crippen molar-refractivity contribution in [2.24, 2.45) is 0 Å². The van der Waals surface area contributed by atoms with Crippen molar-refractivity contribution in [2.75, 3.05) is 0 Å². The summed E-state index contributed by atoms with van der Waals surface area (Å²) < 4.78 is 6.05. The summed E-state index contributed by atoms with van der Waals surface area (Å²) in [7, 11) is 0. The Labute approximate surface area is 177 Å². The summed E-state index contributed by atoms with van der Waals surface area (Å²) >= 11 is 0. The SMILES string of the molecule is CC1(C)CC(NC(=O)c2ccc(Oc3cccc4ncccc34)cc2)CC(C)(C)N1. The molecule has 5 nitrogen and oxygen atoms in total. The first-order chi connectivity index (χ1) is 14.2. The number of aromatic nitrogens is 1. The maximum Gasteiger partial charge on any atom is 0.251 e. The Morgan fingerprint density at radius 2 is 1.70 bits per heavy atom. The van der Waals surface area contributed by atoms with E-state index in [-0.39, 0.29) is 23.0 Å². The average molecular weight is 404 g/mol. The van der Waals surface area contributed by atoms with Crippen LogP contribution in [-0.2, 0) is 0 Å². The number of benzene rings is 2. The van der Waals surface area contributed by atoms with Crippen molar-refractivity contribution >= 4 is 16.8 Å². The van der Waals surface area contributed by atoms with Gasteiger partial charge in [-0.1, -0.05) is 6.07 Å². The molecule has 1 amide bonds. The fourth-order valence-electron chi connectivity index (χ4n) is 4.66. The van der Waals surface area contributed by atoms with Crippen LogP contribution in [0.5, 0.6) is 11.5 Å². The highest BCUT2D eigenvalue weighted by atomic mass is 16.5. The summed E-state index contributed by atoms with van der Waals surface area (Å²) in [6.45, 7) is 8.73. The molecule has 1 saturated heterocycles. The standard InChI is InChI=1S/C25H29N3O2/c1-24(2)15-18(16-25(3,4)28-24)27-23(29)17-10-12-19(13-11-17)30-22-9-5-8-21-20(22)7-6-14-26-21/h5-14,18,28H,15-16H2,1-4H3,(H,27,29). The summed E-state index contributed by atoms with van der Waals surface area (Å²) in [6, 6.07) is 17.1. The molecule has 0 radical (unpaired) electrons. The number of carbonyl (C=O) groups is 1. The van der Waals surface area contributed by atoms with Crippen LogP contribution in [0, 0.1) is 0 Å². The van der Waals surface area contributed by atoms with E-state index in [2.05, 4.69) is 43.3 Å². The van der Waals surface area contributed by atoms with Gasteiger partial charge in [0.05, 0.1) is 5.52 Å². The lowest BCUT2D eigenvalue weighted by Gasteiger charge is -2.46. The van der Waals surface area contributed by atoms with Gasteiger partial charge in [0.15, 0.2) is 0 Å². The number of nitrogens with one attached hydrogen (secondary N) is 2. The minimum absolute atomic E-state index is 0.00922. The Balaban J connectivity index is 1.45. The molecule has 2 heterocycles. The van der Waals surface area contributed by atoms with Crippen LogP contribution in [0.2, 0.25) is 0 Å². The van der Waals surface area contributed by atoms with Crippen LogP contribution >= 0.6 is 0 Å². The lowest BCUT2D eigenvalue weighted by molar-refractivity contribution is 0.0873. The van der Waals surface area contributed by atoms with Crippen molar-refractivity contribution in [2.45, 2.75) is 57.7 Å². The Kier molecular flexibility index (Phi) is 5.24. The van der Waals surface area contributed by atoms with Crippen molar-refractivity contribution in [3.63, 3.8) is 0 Å². The number of nitrogens with zero attached hydrogens (tertiary/aromatic N) is 1. The molecule has 3 aromatic rings. The highest BCUT2D eigenvalue weighted by Crippen LogP contribution is 2.30. The Hall–Kier alpha value is -2.92. The van der Waals surface area contributed by atoms with E-state index in [4.69, 9.17) is 4.74 Å². The average Bonchev–Trinajstić information content (AvgIpc) is 2.66. The van der Waals surface area contributed by atoms with Crippen LogP contribution in [0.25, 0.3) is 10.9 Å². The summed E-state index contributed by atoms with van der Waals surface area (Å²) in [5, 5.41) is 7.81. The smallest absolute Gasteiger partial charge is 0.251 e. The van der Waals surface area contributed by atoms with E-state index in [1.165, 1.54) is 0 Å². The first kappa shape index (κ1) is 20.4. The van der Waals surface area contributed by atoms with Crippen molar-refractivity contribution in [1.82, 2.24) is 15.6 Å². The number of ether oxygens (including phenoxy) is 1. The molecule has 156 valence electrons. The molecule has 2 N–H and O–H groups in total. The van der Waals surface area contributed by atoms with Gasteiger partial charge in [-0.25, -0.2) is 0 Å². The molecule has 4 rings (SSSR count). The third kappa shape index (κ3) is 4.62. The zero-order valence-corrected chi connectivity index (χ0v) is 18.0. The van der Waals surface area contributed by atoms with Crippen LogP contribution in [0.1, 0.15) is 50.9 Å². The second-order valence-corrected chi connectivity index (χ2v) is 9.42. The van der Waals surface area contributed by atoms with Crippen LogP contribution in [0.3, 0.4) is 0 Å². The lowest BCUT2D eigenvalue weighted by atomic mass is 9.79. The maximum absolute atomic E-state index is 12.8. The van der Waals surface area contributed by atoms with Crippen molar-refractivity contribution in [3.05, 3.63) is 66.4 Å². The maximum atomic E-state index is 12.8. The first-order valence-electron chi connectivity index (χ1n) is 10.4. The lowest BCUT2D eigenvalue weighted by Crippen LogP contribution is -2.62. The second-order valence-electron chi connectivity index (χ2n) is 9.42. The number of hydrogen-bond donors (Lipinski definition) is 2. The van der Waals surface area contributed by atoms with Gasteiger partial charge in [-0.05, 0) is 89.1 Å². The van der Waals surface area contributed by atoms with E-state index < -0.39 is 0 Å². The number of fused-ring (bicyclic) bond motifs is 1. The molecule has 0 saturated carbocycles. The van der Waals surface area contributed by atoms with Gasteiger partial charge in [0.1, 0.15) is 11.5 Å². The molecule has 0 aliphatic carbocycles. The minimum atomic E-state index is -0.0468. The number of piperidine rings is 1. The molecule has 0 unspecified atom stereocenters. The van der Waals surface area contributed by atoms with E-state index in [1.54, 1.807) is 6.20 Å². The largest absolute Gasteiger partial charge is 0.457 e. The van der Waals surface area contributed by atoms with Gasteiger partial charge in [-0.2, -0.15) is 0 Å². The van der Waals surface area contributed by atoms with Crippen LogP contribution in [-0.4, -0.2) is 28.0 Å².